The smallest absolute Gasteiger partial charge is 0.317 e. The highest BCUT2D eigenvalue weighted by atomic mass is 19.2. The number of fused-ring (bicyclic) bond motifs is 1. The Morgan fingerprint density at radius 1 is 1.03 bits per heavy atom. The van der Waals surface area contributed by atoms with Crippen molar-refractivity contribution >= 4 is 17.8 Å². The minimum Gasteiger partial charge on any atom is -0.508 e. The number of amides is 4. The maximum Gasteiger partial charge on any atom is 0.317 e. The van der Waals surface area contributed by atoms with Crippen LogP contribution in [-0.4, -0.2) is 84.1 Å². The fourth-order valence-corrected chi connectivity index (χ4v) is 4.35. The first kappa shape index (κ1) is 28.3. The molecule has 4 N–H and O–H groups in total. The van der Waals surface area contributed by atoms with Crippen molar-refractivity contribution in [1.29, 1.82) is 0 Å². The molecule has 3 unspecified atom stereocenters. The van der Waals surface area contributed by atoms with Gasteiger partial charge in [0.05, 0.1) is 18.1 Å². The van der Waals surface area contributed by atoms with Gasteiger partial charge in [-0.25, -0.2) is 13.6 Å². The van der Waals surface area contributed by atoms with Crippen LogP contribution in [0, 0.1) is 17.0 Å². The molecule has 0 saturated carbocycles. The number of phenols is 1. The first-order valence-electron chi connectivity index (χ1n) is 11.7. The largest absolute Gasteiger partial charge is 0.508 e. The molecule has 0 bridgehead atoms. The summed E-state index contributed by atoms with van der Waals surface area (Å²) in [6.07, 6.45) is 1.56. The Labute approximate surface area is 205 Å². The molecule has 1 aromatic carbocycles. The van der Waals surface area contributed by atoms with Crippen LogP contribution in [0.25, 0.3) is 0 Å². The van der Waals surface area contributed by atoms with Gasteiger partial charge in [0.1, 0.15) is 11.8 Å². The topological polar surface area (TPSA) is 114 Å². The first-order valence-corrected chi connectivity index (χ1v) is 11.7. The Bertz CT molecular complexity index is 924. The molecule has 9 nitrogen and oxygen atoms in total. The number of carbonyl (C=O) groups is 3. The van der Waals surface area contributed by atoms with E-state index in [1.807, 2.05) is 30.6 Å². The van der Waals surface area contributed by atoms with E-state index >= 15 is 0 Å². The molecular weight excluding hydrogens is 460 g/mol. The molecule has 0 aliphatic carbocycles. The highest BCUT2D eigenvalue weighted by Crippen LogP contribution is 2.33. The van der Waals surface area contributed by atoms with Gasteiger partial charge in [0.15, 0.2) is 11.6 Å². The Morgan fingerprint density at radius 3 is 2.09 bits per heavy atom. The van der Waals surface area contributed by atoms with Crippen molar-refractivity contribution in [3.63, 3.8) is 0 Å². The number of hydrogen-bond acceptors (Lipinski definition) is 5. The highest BCUT2D eigenvalue weighted by Gasteiger charge is 2.48. The fraction of sp³-hybridized carbons (Fsp3) is 0.625. The number of urea groups is 1. The number of nitrogens with zero attached hydrogens (tertiary/aromatic N) is 2. The second-order valence-corrected chi connectivity index (χ2v) is 9.91. The molecule has 3 rings (SSSR count). The van der Waals surface area contributed by atoms with Gasteiger partial charge < -0.3 is 30.9 Å². The lowest BCUT2D eigenvalue weighted by Crippen LogP contribution is -2.58. The molecule has 2 aliphatic rings. The van der Waals surface area contributed by atoms with Crippen molar-refractivity contribution in [2.75, 3.05) is 27.2 Å². The molecule has 11 heteroatoms. The van der Waals surface area contributed by atoms with Crippen molar-refractivity contribution in [2.24, 2.45) is 5.41 Å². The zero-order chi connectivity index (χ0) is 26.5. The van der Waals surface area contributed by atoms with Crippen LogP contribution in [-0.2, 0) is 9.59 Å². The van der Waals surface area contributed by atoms with Crippen molar-refractivity contribution in [2.45, 2.75) is 64.7 Å². The third-order valence-corrected chi connectivity index (χ3v) is 6.46. The van der Waals surface area contributed by atoms with Crippen molar-refractivity contribution in [3.8, 4) is 5.75 Å². The average Bonchev–Trinajstić information content (AvgIpc) is 3.40. The number of phenolic OH excluding ortho intramolecular Hbond substituents is 1. The van der Waals surface area contributed by atoms with Crippen LogP contribution in [0.4, 0.5) is 13.6 Å². The summed E-state index contributed by atoms with van der Waals surface area (Å²) in [5, 5.41) is 17.0. The fourth-order valence-electron chi connectivity index (χ4n) is 4.35. The SMILES string of the molecule is CNC(=O)N1CCC2C1CCN2C(=O)C(NC(=O)[C@H](C)NC)C(C)(C)C.Oc1ccc(F)c(F)c1. The van der Waals surface area contributed by atoms with E-state index in [0.29, 0.717) is 13.1 Å². The van der Waals surface area contributed by atoms with E-state index in [0.717, 1.165) is 31.0 Å². The van der Waals surface area contributed by atoms with Crippen LogP contribution in [0.15, 0.2) is 18.2 Å². The van der Waals surface area contributed by atoms with Gasteiger partial charge in [-0.15, -0.1) is 0 Å². The van der Waals surface area contributed by atoms with Gasteiger partial charge in [0, 0.05) is 26.2 Å². The van der Waals surface area contributed by atoms with Gasteiger partial charge in [-0.1, -0.05) is 20.8 Å². The number of carbonyl (C=O) groups excluding carboxylic acids is 3. The normalized spacial score (nSPS) is 20.9. The van der Waals surface area contributed by atoms with Gasteiger partial charge in [-0.05, 0) is 44.4 Å². The number of aromatic hydroxyl groups is 1. The summed E-state index contributed by atoms with van der Waals surface area (Å²) in [7, 11) is 3.34. The Kier molecular flexibility index (Phi) is 9.42. The van der Waals surface area contributed by atoms with E-state index in [4.69, 9.17) is 5.11 Å². The Balaban J connectivity index is 0.000000402. The van der Waals surface area contributed by atoms with Crippen LogP contribution in [0.3, 0.4) is 0 Å². The van der Waals surface area contributed by atoms with E-state index in [1.165, 1.54) is 0 Å². The summed E-state index contributed by atoms with van der Waals surface area (Å²) in [6, 6.07) is 1.70. The summed E-state index contributed by atoms with van der Waals surface area (Å²) in [4.78, 5) is 41.4. The summed E-state index contributed by atoms with van der Waals surface area (Å²) < 4.78 is 24.1. The van der Waals surface area contributed by atoms with Crippen LogP contribution >= 0.6 is 0 Å². The molecule has 2 saturated heterocycles. The number of nitrogens with one attached hydrogen (secondary N) is 3. The molecule has 0 aromatic heterocycles. The van der Waals surface area contributed by atoms with E-state index in [1.54, 1.807) is 21.0 Å². The minimum atomic E-state index is -1.03. The third-order valence-electron chi connectivity index (χ3n) is 6.46. The standard InChI is InChI=1S/C18H33N5O3.C6H4F2O/c1-11(19-5)15(24)21-14(18(2,3)4)16(25)22-9-7-13-12(22)8-10-23(13)17(26)20-6;7-5-2-1-4(9)3-6(5)8/h11-14,19H,7-10H2,1-6H3,(H,20,26)(H,21,24);1-3,9H/t11-,12?,13?,14?;/m0./s1. The van der Waals surface area contributed by atoms with Crippen molar-refractivity contribution in [1.82, 2.24) is 25.8 Å². The highest BCUT2D eigenvalue weighted by molar-refractivity contribution is 5.90. The minimum absolute atomic E-state index is 0.0308. The number of halogens is 2. The lowest BCUT2D eigenvalue weighted by molar-refractivity contribution is -0.140. The van der Waals surface area contributed by atoms with Gasteiger partial charge in [-0.2, -0.15) is 0 Å². The van der Waals surface area contributed by atoms with Gasteiger partial charge in [0.2, 0.25) is 11.8 Å². The molecule has 1 aromatic rings. The molecule has 196 valence electrons. The Morgan fingerprint density at radius 2 is 1.60 bits per heavy atom. The quantitative estimate of drug-likeness (QED) is 0.507. The number of hydrogen-bond donors (Lipinski definition) is 4. The van der Waals surface area contributed by atoms with E-state index in [2.05, 4.69) is 16.0 Å². The van der Waals surface area contributed by atoms with Crippen LogP contribution in [0.1, 0.15) is 40.5 Å². The maximum absolute atomic E-state index is 13.3. The number of benzene rings is 1. The maximum atomic E-state index is 13.3. The van der Waals surface area contributed by atoms with Gasteiger partial charge in [-0.3, -0.25) is 9.59 Å². The molecule has 2 aliphatic heterocycles. The lowest BCUT2D eigenvalue weighted by Gasteiger charge is -2.36. The molecule has 2 fully saturated rings. The zero-order valence-corrected chi connectivity index (χ0v) is 21.2. The summed E-state index contributed by atoms with van der Waals surface area (Å²) in [5.41, 5.74) is -0.405. The van der Waals surface area contributed by atoms with Crippen LogP contribution < -0.4 is 16.0 Å². The summed E-state index contributed by atoms with van der Waals surface area (Å²) in [5.74, 6) is -2.49. The van der Waals surface area contributed by atoms with Crippen LogP contribution in [0.5, 0.6) is 5.75 Å². The van der Waals surface area contributed by atoms with E-state index in [-0.39, 0.29) is 41.7 Å². The Hall–Kier alpha value is -2.95. The predicted molar refractivity (Wildman–Crippen MR) is 128 cm³/mol. The van der Waals surface area contributed by atoms with E-state index in [9.17, 15) is 23.2 Å². The molecule has 4 amide bonds. The average molecular weight is 498 g/mol. The molecule has 2 heterocycles. The van der Waals surface area contributed by atoms with Crippen molar-refractivity contribution in [3.05, 3.63) is 29.8 Å². The molecule has 0 radical (unpaired) electrons. The second kappa shape index (κ2) is 11.7. The summed E-state index contributed by atoms with van der Waals surface area (Å²) in [6.45, 7) is 8.91. The third kappa shape index (κ3) is 6.81. The monoisotopic (exact) mass is 497 g/mol. The number of likely N-dealkylation sites (tertiary alicyclic amines) is 2. The molecule has 4 atom stereocenters. The first-order chi connectivity index (χ1) is 16.3. The van der Waals surface area contributed by atoms with E-state index < -0.39 is 23.1 Å². The number of likely N-dealkylation sites (N-methyl/N-ethyl adjacent to an activating group) is 1. The number of rotatable bonds is 4. The van der Waals surface area contributed by atoms with Crippen LogP contribution in [0.2, 0.25) is 0 Å². The second-order valence-electron chi connectivity index (χ2n) is 9.91. The van der Waals surface area contributed by atoms with Gasteiger partial charge in [0.25, 0.3) is 0 Å². The molecule has 35 heavy (non-hydrogen) atoms. The molecule has 0 spiro atoms. The van der Waals surface area contributed by atoms with Gasteiger partial charge >= 0.3 is 6.03 Å². The lowest BCUT2D eigenvalue weighted by atomic mass is 9.85. The molecular formula is C24H37F2N5O4. The predicted octanol–water partition coefficient (Wildman–Crippen LogP) is 1.81. The summed E-state index contributed by atoms with van der Waals surface area (Å²) >= 11 is 0. The van der Waals surface area contributed by atoms with Crippen molar-refractivity contribution < 1.29 is 28.3 Å². The zero-order valence-electron chi connectivity index (χ0n) is 21.2.